The van der Waals surface area contributed by atoms with Crippen LogP contribution in [0.2, 0.25) is 0 Å². The monoisotopic (exact) mass is 314 g/mol. The van der Waals surface area contributed by atoms with Crippen LogP contribution in [0, 0.1) is 0 Å². The SMILES string of the molecule is CNCc1sc(C2CSC(C)C(C)S2)nc1C1CC1. The Bertz CT molecular complexity index is 442. The Hall–Kier alpha value is 0.290. The number of thiazole rings is 1. The molecule has 3 unspecified atom stereocenters. The fraction of sp³-hybridized carbons (Fsp3) is 0.786. The normalized spacial score (nSPS) is 31.6. The Labute approximate surface area is 128 Å². The molecule has 1 aliphatic carbocycles. The maximum Gasteiger partial charge on any atom is 0.107 e. The second kappa shape index (κ2) is 5.96. The molecular weight excluding hydrogens is 292 g/mol. The molecule has 19 heavy (non-hydrogen) atoms. The summed E-state index contributed by atoms with van der Waals surface area (Å²) in [7, 11) is 2.03. The largest absolute Gasteiger partial charge is 0.315 e. The van der Waals surface area contributed by atoms with Crippen LogP contribution < -0.4 is 5.32 Å². The summed E-state index contributed by atoms with van der Waals surface area (Å²) >= 11 is 6.19. The highest BCUT2D eigenvalue weighted by molar-refractivity contribution is 8.07. The Balaban J connectivity index is 1.78. The summed E-state index contributed by atoms with van der Waals surface area (Å²) in [6.07, 6.45) is 2.69. The second-order valence-corrected chi connectivity index (χ2v) is 9.64. The molecule has 0 bridgehead atoms. The van der Waals surface area contributed by atoms with Crippen LogP contribution in [-0.4, -0.2) is 28.3 Å². The summed E-state index contributed by atoms with van der Waals surface area (Å²) in [6.45, 7) is 5.70. The highest BCUT2D eigenvalue weighted by Crippen LogP contribution is 2.48. The van der Waals surface area contributed by atoms with E-state index in [4.69, 9.17) is 4.98 Å². The zero-order chi connectivity index (χ0) is 13.4. The van der Waals surface area contributed by atoms with Gasteiger partial charge in [0.25, 0.3) is 0 Å². The van der Waals surface area contributed by atoms with Gasteiger partial charge in [-0.15, -0.1) is 23.1 Å². The van der Waals surface area contributed by atoms with Gasteiger partial charge in [-0.3, -0.25) is 0 Å². The molecule has 2 heterocycles. The van der Waals surface area contributed by atoms with E-state index in [1.807, 2.05) is 18.4 Å². The Morgan fingerprint density at radius 1 is 1.26 bits per heavy atom. The van der Waals surface area contributed by atoms with Gasteiger partial charge in [0.05, 0.1) is 10.9 Å². The van der Waals surface area contributed by atoms with Gasteiger partial charge in [-0.2, -0.15) is 11.8 Å². The van der Waals surface area contributed by atoms with Crippen LogP contribution in [0.5, 0.6) is 0 Å². The quantitative estimate of drug-likeness (QED) is 0.907. The van der Waals surface area contributed by atoms with Crippen LogP contribution in [0.3, 0.4) is 0 Å². The van der Waals surface area contributed by atoms with Gasteiger partial charge in [0.15, 0.2) is 0 Å². The highest BCUT2D eigenvalue weighted by atomic mass is 32.2. The number of aromatic nitrogens is 1. The molecule has 2 fully saturated rings. The van der Waals surface area contributed by atoms with Crippen molar-refractivity contribution in [2.45, 2.75) is 54.9 Å². The zero-order valence-electron chi connectivity index (χ0n) is 11.8. The van der Waals surface area contributed by atoms with Gasteiger partial charge in [0.1, 0.15) is 5.01 Å². The molecule has 0 amide bonds. The fourth-order valence-corrected chi connectivity index (χ4v) is 6.75. The van der Waals surface area contributed by atoms with Crippen molar-refractivity contribution in [1.82, 2.24) is 10.3 Å². The molecule has 1 aromatic rings. The van der Waals surface area contributed by atoms with E-state index in [-0.39, 0.29) is 0 Å². The first kappa shape index (κ1) is 14.2. The van der Waals surface area contributed by atoms with Gasteiger partial charge in [-0.05, 0) is 19.9 Å². The third-order valence-corrected chi connectivity index (χ3v) is 8.60. The lowest BCUT2D eigenvalue weighted by Gasteiger charge is -2.30. The molecule has 1 aromatic heterocycles. The van der Waals surface area contributed by atoms with E-state index in [1.165, 1.54) is 34.2 Å². The standard InChI is InChI=1S/C14H22N2S3/c1-8-9(2)18-12(7-17-8)14-16-13(10-4-5-10)11(19-14)6-15-3/h8-10,12,15H,4-7H2,1-3H3. The molecule has 2 aliphatic rings. The molecule has 0 aromatic carbocycles. The first-order valence-electron chi connectivity index (χ1n) is 7.10. The lowest BCUT2D eigenvalue weighted by Crippen LogP contribution is -2.21. The molecule has 3 rings (SSSR count). The van der Waals surface area contributed by atoms with E-state index in [0.717, 1.165) is 23.0 Å². The summed E-state index contributed by atoms with van der Waals surface area (Å²) in [5.74, 6) is 2.00. The molecule has 1 aliphatic heterocycles. The fourth-order valence-electron chi connectivity index (χ4n) is 2.40. The molecule has 1 N–H and O–H groups in total. The van der Waals surface area contributed by atoms with Gasteiger partial charge in [-0.1, -0.05) is 13.8 Å². The Morgan fingerprint density at radius 3 is 2.68 bits per heavy atom. The average molecular weight is 315 g/mol. The van der Waals surface area contributed by atoms with Crippen molar-refractivity contribution in [1.29, 1.82) is 0 Å². The van der Waals surface area contributed by atoms with E-state index < -0.39 is 0 Å². The van der Waals surface area contributed by atoms with E-state index in [1.54, 1.807) is 0 Å². The third-order valence-electron chi connectivity index (χ3n) is 3.87. The summed E-state index contributed by atoms with van der Waals surface area (Å²) in [6, 6.07) is 0. The van der Waals surface area contributed by atoms with Gasteiger partial charge in [0.2, 0.25) is 0 Å². The smallest absolute Gasteiger partial charge is 0.107 e. The first-order valence-corrected chi connectivity index (χ1v) is 9.91. The van der Waals surface area contributed by atoms with Gasteiger partial charge >= 0.3 is 0 Å². The maximum atomic E-state index is 5.02. The van der Waals surface area contributed by atoms with Gasteiger partial charge in [-0.25, -0.2) is 4.98 Å². The number of hydrogen-bond donors (Lipinski definition) is 1. The topological polar surface area (TPSA) is 24.9 Å². The molecule has 5 heteroatoms. The van der Waals surface area contributed by atoms with Crippen LogP contribution in [0.1, 0.15) is 53.4 Å². The molecule has 106 valence electrons. The van der Waals surface area contributed by atoms with Crippen molar-refractivity contribution in [2.75, 3.05) is 12.8 Å². The van der Waals surface area contributed by atoms with Crippen LogP contribution >= 0.6 is 34.9 Å². The van der Waals surface area contributed by atoms with Crippen LogP contribution in [0.4, 0.5) is 0 Å². The van der Waals surface area contributed by atoms with E-state index in [0.29, 0.717) is 5.25 Å². The van der Waals surface area contributed by atoms with Crippen molar-refractivity contribution in [2.24, 2.45) is 0 Å². The van der Waals surface area contributed by atoms with Crippen molar-refractivity contribution >= 4 is 34.9 Å². The number of rotatable bonds is 4. The molecule has 1 saturated heterocycles. The molecule has 0 spiro atoms. The van der Waals surface area contributed by atoms with Crippen LogP contribution in [-0.2, 0) is 6.54 Å². The molecule has 1 saturated carbocycles. The molecule has 0 radical (unpaired) electrons. The minimum Gasteiger partial charge on any atom is -0.315 e. The Kier molecular flexibility index (Phi) is 4.47. The van der Waals surface area contributed by atoms with Crippen molar-refractivity contribution < 1.29 is 0 Å². The minimum absolute atomic E-state index is 0.615. The lowest BCUT2D eigenvalue weighted by molar-refractivity contribution is 0.811. The molecular formula is C14H22N2S3. The van der Waals surface area contributed by atoms with Gasteiger partial charge < -0.3 is 5.32 Å². The van der Waals surface area contributed by atoms with E-state index in [9.17, 15) is 0 Å². The predicted molar refractivity (Wildman–Crippen MR) is 88.6 cm³/mol. The third kappa shape index (κ3) is 3.14. The zero-order valence-corrected chi connectivity index (χ0v) is 14.3. The second-order valence-electron chi connectivity index (χ2n) is 5.53. The van der Waals surface area contributed by atoms with Crippen LogP contribution in [0.15, 0.2) is 0 Å². The summed E-state index contributed by atoms with van der Waals surface area (Å²) in [5.41, 5.74) is 1.41. The average Bonchev–Trinajstić information content (AvgIpc) is 3.15. The van der Waals surface area contributed by atoms with Crippen LogP contribution in [0.25, 0.3) is 0 Å². The van der Waals surface area contributed by atoms with Crippen molar-refractivity contribution in [3.63, 3.8) is 0 Å². The Morgan fingerprint density at radius 2 is 2.05 bits per heavy atom. The number of thioether (sulfide) groups is 2. The maximum absolute atomic E-state index is 5.02. The van der Waals surface area contributed by atoms with E-state index in [2.05, 4.69) is 42.7 Å². The first-order chi connectivity index (χ1) is 9.19. The number of nitrogens with zero attached hydrogens (tertiary/aromatic N) is 1. The molecule has 2 nitrogen and oxygen atoms in total. The number of hydrogen-bond acceptors (Lipinski definition) is 5. The predicted octanol–water partition coefficient (Wildman–Crippen LogP) is 4.04. The van der Waals surface area contributed by atoms with E-state index >= 15 is 0 Å². The highest BCUT2D eigenvalue weighted by Gasteiger charge is 2.33. The molecule has 3 atom stereocenters. The summed E-state index contributed by atoms with van der Waals surface area (Å²) in [4.78, 5) is 6.50. The summed E-state index contributed by atoms with van der Waals surface area (Å²) in [5, 5.41) is 6.81. The van der Waals surface area contributed by atoms with Gasteiger partial charge in [0, 0.05) is 33.6 Å². The van der Waals surface area contributed by atoms with Crippen molar-refractivity contribution in [3.8, 4) is 0 Å². The van der Waals surface area contributed by atoms with Crippen molar-refractivity contribution in [3.05, 3.63) is 15.6 Å². The summed E-state index contributed by atoms with van der Waals surface area (Å²) < 4.78 is 0. The number of nitrogens with one attached hydrogen (secondary N) is 1. The lowest BCUT2D eigenvalue weighted by atomic mass is 10.2. The minimum atomic E-state index is 0.615.